The second-order valence-electron chi connectivity index (χ2n) is 11.4. The number of anilines is 1. The first-order valence-corrected chi connectivity index (χ1v) is 13.7. The van der Waals surface area contributed by atoms with Gasteiger partial charge in [0.1, 0.15) is 11.4 Å². The number of hydrogen-bond donors (Lipinski definition) is 2. The van der Waals surface area contributed by atoms with Crippen LogP contribution in [0.4, 0.5) is 10.5 Å². The van der Waals surface area contributed by atoms with Crippen LogP contribution in [0.2, 0.25) is 0 Å². The third-order valence-electron chi connectivity index (χ3n) is 7.29. The van der Waals surface area contributed by atoms with Crippen LogP contribution >= 0.6 is 0 Å². The first kappa shape index (κ1) is 28.1. The molecule has 1 aromatic carbocycles. The fourth-order valence-corrected chi connectivity index (χ4v) is 5.03. The summed E-state index contributed by atoms with van der Waals surface area (Å²) in [6.07, 6.45) is 7.02. The summed E-state index contributed by atoms with van der Waals surface area (Å²) in [4.78, 5) is 32.5. The van der Waals surface area contributed by atoms with Crippen LogP contribution in [0.3, 0.4) is 0 Å². The minimum absolute atomic E-state index is 0.00195. The number of carbonyl (C=O) groups is 2. The highest BCUT2D eigenvalue weighted by Gasteiger charge is 2.36. The van der Waals surface area contributed by atoms with Gasteiger partial charge in [0.25, 0.3) is 5.91 Å². The highest BCUT2D eigenvalue weighted by Crippen LogP contribution is 2.36. The van der Waals surface area contributed by atoms with Gasteiger partial charge in [0.2, 0.25) is 0 Å². The summed E-state index contributed by atoms with van der Waals surface area (Å²) in [6.45, 7) is 9.86. The van der Waals surface area contributed by atoms with E-state index in [0.717, 1.165) is 41.5 Å². The Morgan fingerprint density at radius 2 is 2.03 bits per heavy atom. The zero-order chi connectivity index (χ0) is 28.3. The minimum Gasteiger partial charge on any atom is -0.443 e. The van der Waals surface area contributed by atoms with Crippen molar-refractivity contribution in [1.82, 2.24) is 4.90 Å². The Morgan fingerprint density at radius 1 is 1.26 bits per heavy atom. The molecular formula is C32H38N4O3. The second-order valence-corrected chi connectivity index (χ2v) is 11.4. The Morgan fingerprint density at radius 3 is 2.72 bits per heavy atom. The number of nitrogens with two attached hydrogens (primary N) is 1. The number of amides is 2. The molecule has 2 unspecified atom stereocenters. The number of carbonyl (C=O) groups excluding carboxylic acids is 2. The molecule has 1 aromatic rings. The number of imide groups is 1. The molecule has 0 aromatic heterocycles. The molecule has 7 heteroatoms. The zero-order valence-corrected chi connectivity index (χ0v) is 23.6. The van der Waals surface area contributed by atoms with Crippen LogP contribution in [0.25, 0.3) is 0 Å². The van der Waals surface area contributed by atoms with E-state index < -0.39 is 11.7 Å². The molecule has 0 radical (unpaired) electrons. The van der Waals surface area contributed by atoms with Crippen molar-refractivity contribution in [2.45, 2.75) is 72.3 Å². The number of ether oxygens (including phenoxy) is 1. The molecule has 2 heterocycles. The van der Waals surface area contributed by atoms with Gasteiger partial charge < -0.3 is 10.5 Å². The summed E-state index contributed by atoms with van der Waals surface area (Å²) in [5.41, 5.74) is 10.5. The number of amidine groups is 1. The largest absolute Gasteiger partial charge is 0.443 e. The molecule has 2 amide bonds. The van der Waals surface area contributed by atoms with Gasteiger partial charge in [0.05, 0.1) is 5.71 Å². The van der Waals surface area contributed by atoms with Gasteiger partial charge in [-0.05, 0) is 88.6 Å². The summed E-state index contributed by atoms with van der Waals surface area (Å²) >= 11 is 0. The molecule has 0 saturated heterocycles. The second kappa shape index (κ2) is 11.4. The molecular weight excluding hydrogens is 488 g/mol. The lowest BCUT2D eigenvalue weighted by Crippen LogP contribution is -2.44. The van der Waals surface area contributed by atoms with Crippen LogP contribution in [-0.4, -0.2) is 40.6 Å². The summed E-state index contributed by atoms with van der Waals surface area (Å²) in [5, 5.41) is 8.70. The number of allylic oxidation sites excluding steroid dienone is 3. The van der Waals surface area contributed by atoms with Crippen molar-refractivity contribution in [3.63, 3.8) is 0 Å². The van der Waals surface area contributed by atoms with Gasteiger partial charge in [-0.2, -0.15) is 0 Å². The van der Waals surface area contributed by atoms with Crippen molar-refractivity contribution in [3.05, 3.63) is 64.3 Å². The quantitative estimate of drug-likeness (QED) is 0.352. The number of nitrogens with zero attached hydrogens (tertiary/aromatic N) is 2. The maximum Gasteiger partial charge on any atom is 0.417 e. The van der Waals surface area contributed by atoms with Crippen LogP contribution in [0.5, 0.6) is 0 Å². The molecule has 2 atom stereocenters. The highest BCUT2D eigenvalue weighted by atomic mass is 16.6. The van der Waals surface area contributed by atoms with Gasteiger partial charge in [-0.15, -0.1) is 0 Å². The Bertz CT molecular complexity index is 1380. The van der Waals surface area contributed by atoms with E-state index in [2.05, 4.69) is 31.8 Å². The molecule has 4 rings (SSSR count). The molecule has 0 spiro atoms. The number of aliphatic imine (C=N–C) groups is 1. The molecule has 2 aliphatic heterocycles. The third-order valence-corrected chi connectivity index (χ3v) is 7.29. The summed E-state index contributed by atoms with van der Waals surface area (Å²) < 4.78 is 5.51. The zero-order valence-electron chi connectivity index (χ0n) is 23.6. The highest BCUT2D eigenvalue weighted by molar-refractivity contribution is 6.21. The molecule has 3 aliphatic rings. The van der Waals surface area contributed by atoms with Crippen molar-refractivity contribution >= 4 is 29.2 Å². The summed E-state index contributed by atoms with van der Waals surface area (Å²) in [5.74, 6) is 6.57. The summed E-state index contributed by atoms with van der Waals surface area (Å²) in [7, 11) is 0. The minimum atomic E-state index is -0.696. The monoisotopic (exact) mass is 526 g/mol. The molecule has 1 aliphatic carbocycles. The SMILES string of the molecule is CCC1CC=C(C#Cc2cccc(N)c2)C(C2=CC3=C(CCC2C)CCN(C(=O)OC(C)(C)C)C3=O)=NC1=N. The van der Waals surface area contributed by atoms with Crippen LogP contribution < -0.4 is 5.73 Å². The average Bonchev–Trinajstić information content (AvgIpc) is 3.13. The van der Waals surface area contributed by atoms with Crippen molar-refractivity contribution in [2.24, 2.45) is 16.8 Å². The number of benzene rings is 1. The van der Waals surface area contributed by atoms with Gasteiger partial charge in [0, 0.05) is 34.9 Å². The Labute approximate surface area is 231 Å². The van der Waals surface area contributed by atoms with Gasteiger partial charge in [-0.25, -0.2) is 14.7 Å². The van der Waals surface area contributed by atoms with Crippen molar-refractivity contribution in [3.8, 4) is 11.8 Å². The molecule has 0 bridgehead atoms. The molecule has 0 saturated carbocycles. The molecule has 3 N–H and O–H groups in total. The fraction of sp³-hybridized carbons (Fsp3) is 0.438. The molecule has 0 fully saturated rings. The van der Waals surface area contributed by atoms with Gasteiger partial charge >= 0.3 is 6.09 Å². The van der Waals surface area contributed by atoms with E-state index in [-0.39, 0.29) is 17.7 Å². The van der Waals surface area contributed by atoms with E-state index in [1.54, 1.807) is 20.8 Å². The fourth-order valence-electron chi connectivity index (χ4n) is 5.03. The van der Waals surface area contributed by atoms with E-state index in [1.807, 2.05) is 30.3 Å². The van der Waals surface area contributed by atoms with E-state index >= 15 is 0 Å². The Balaban J connectivity index is 1.77. The molecule has 7 nitrogen and oxygen atoms in total. The molecule has 39 heavy (non-hydrogen) atoms. The Kier molecular flexibility index (Phi) is 8.25. The van der Waals surface area contributed by atoms with Crippen LogP contribution in [0, 0.1) is 29.1 Å². The average molecular weight is 527 g/mol. The number of hydrogen-bond acceptors (Lipinski definition) is 5. The third kappa shape index (κ3) is 6.57. The van der Waals surface area contributed by atoms with E-state index in [9.17, 15) is 9.59 Å². The lowest BCUT2D eigenvalue weighted by atomic mass is 9.89. The van der Waals surface area contributed by atoms with Crippen LogP contribution in [0.15, 0.2) is 63.7 Å². The first-order chi connectivity index (χ1) is 18.5. The topological polar surface area (TPSA) is 109 Å². The summed E-state index contributed by atoms with van der Waals surface area (Å²) in [6, 6.07) is 7.42. The smallest absolute Gasteiger partial charge is 0.417 e. The number of nitrogen functional groups attached to an aromatic ring is 1. The van der Waals surface area contributed by atoms with Gasteiger partial charge in [0.15, 0.2) is 0 Å². The van der Waals surface area contributed by atoms with Crippen LogP contribution in [-0.2, 0) is 9.53 Å². The van der Waals surface area contributed by atoms with Gasteiger partial charge in [-0.1, -0.05) is 43.4 Å². The predicted octanol–water partition coefficient (Wildman–Crippen LogP) is 6.22. The van der Waals surface area contributed by atoms with E-state index in [4.69, 9.17) is 20.9 Å². The number of nitrogens with one attached hydrogen (secondary N) is 1. The van der Waals surface area contributed by atoms with Crippen LogP contribution in [0.1, 0.15) is 72.3 Å². The van der Waals surface area contributed by atoms with E-state index in [0.29, 0.717) is 42.2 Å². The van der Waals surface area contributed by atoms with Crippen molar-refractivity contribution < 1.29 is 14.3 Å². The standard InChI is InChI=1S/C32H38N4O3/c1-6-22-14-15-24(13-11-21-8-7-9-25(33)18-21)28(35-29(22)34)26-19-27-23(12-10-20(26)2)16-17-36(30(27)37)31(38)39-32(3,4)5/h7-9,15,18-20,22,34H,6,10,12,14,16-17,33H2,1-5H3. The maximum atomic E-state index is 13.6. The van der Waals surface area contributed by atoms with Crippen molar-refractivity contribution in [2.75, 3.05) is 12.3 Å². The first-order valence-electron chi connectivity index (χ1n) is 13.7. The number of rotatable bonds is 2. The van der Waals surface area contributed by atoms with E-state index in [1.165, 1.54) is 4.90 Å². The van der Waals surface area contributed by atoms with Crippen molar-refractivity contribution in [1.29, 1.82) is 5.41 Å². The lowest BCUT2D eigenvalue weighted by Gasteiger charge is -2.30. The maximum absolute atomic E-state index is 13.6. The predicted molar refractivity (Wildman–Crippen MR) is 155 cm³/mol. The Hall–Kier alpha value is -3.92. The van der Waals surface area contributed by atoms with Gasteiger partial charge in [-0.3, -0.25) is 10.2 Å². The normalized spacial score (nSPS) is 22.0. The molecule has 204 valence electrons. The lowest BCUT2D eigenvalue weighted by molar-refractivity contribution is -0.126.